The number of likely N-dealkylation sites (tertiary alicyclic amines) is 1. The van der Waals surface area contributed by atoms with Crippen LogP contribution in [0.5, 0.6) is 0 Å². The Kier molecular flexibility index (Phi) is 6.24. The van der Waals surface area contributed by atoms with Crippen LogP contribution in [-0.2, 0) is 4.79 Å². The maximum atomic E-state index is 13.6. The second kappa shape index (κ2) is 9.32. The Balaban J connectivity index is 1.31. The van der Waals surface area contributed by atoms with E-state index in [-0.39, 0.29) is 29.7 Å². The first-order chi connectivity index (χ1) is 16.4. The maximum Gasteiger partial charge on any atom is 0.274 e. The molecule has 8 nitrogen and oxygen atoms in total. The van der Waals surface area contributed by atoms with Gasteiger partial charge in [-0.05, 0) is 38.3 Å². The molecule has 1 N–H and O–H groups in total. The average molecular weight is 483 g/mol. The highest BCUT2D eigenvalue weighted by atomic mass is 32.1. The molecule has 34 heavy (non-hydrogen) atoms. The van der Waals surface area contributed by atoms with Gasteiger partial charge in [-0.1, -0.05) is 12.8 Å². The second-order valence-corrected chi connectivity index (χ2v) is 10.5. The molecule has 3 aromatic rings. The van der Waals surface area contributed by atoms with Crippen molar-refractivity contribution in [3.05, 3.63) is 40.5 Å². The number of Topliss-reactive ketones (excluding diaryl/α,β-unsaturated/α-hetero) is 1. The fourth-order valence-electron chi connectivity index (χ4n) is 4.79. The zero-order valence-corrected chi connectivity index (χ0v) is 20.1. The predicted molar refractivity (Wildman–Crippen MR) is 127 cm³/mol. The average Bonchev–Trinajstić information content (AvgIpc) is 3.44. The molecule has 1 unspecified atom stereocenters. The van der Waals surface area contributed by atoms with Crippen molar-refractivity contribution in [1.82, 2.24) is 24.8 Å². The van der Waals surface area contributed by atoms with Gasteiger partial charge < -0.3 is 10.2 Å². The summed E-state index contributed by atoms with van der Waals surface area (Å²) in [4.78, 5) is 44.9. The van der Waals surface area contributed by atoms with Crippen LogP contribution in [0.25, 0.3) is 10.3 Å². The van der Waals surface area contributed by atoms with Crippen LogP contribution in [0.1, 0.15) is 66.1 Å². The van der Waals surface area contributed by atoms with Crippen LogP contribution < -0.4 is 5.32 Å². The second-order valence-electron chi connectivity index (χ2n) is 9.31. The summed E-state index contributed by atoms with van der Waals surface area (Å²) in [7, 11) is 0. The molecule has 0 bridgehead atoms. The SMILES string of the molecule is Cc1nc2nc(NC(C)c3cncc(F)c3)nc(C(=O)N3CC(CC(=O)C4CCCC4)C3)c2s1. The number of anilines is 1. The summed E-state index contributed by atoms with van der Waals surface area (Å²) in [6.07, 6.45) is 7.60. The smallest absolute Gasteiger partial charge is 0.274 e. The molecule has 2 aliphatic rings. The van der Waals surface area contributed by atoms with Crippen LogP contribution in [0.3, 0.4) is 0 Å². The van der Waals surface area contributed by atoms with E-state index in [1.807, 2.05) is 13.8 Å². The third kappa shape index (κ3) is 4.64. The van der Waals surface area contributed by atoms with Crippen molar-refractivity contribution in [2.24, 2.45) is 11.8 Å². The van der Waals surface area contributed by atoms with Gasteiger partial charge in [0.2, 0.25) is 5.95 Å². The van der Waals surface area contributed by atoms with Crippen LogP contribution in [0.4, 0.5) is 10.3 Å². The number of nitrogens with zero attached hydrogens (tertiary/aromatic N) is 5. The number of carbonyl (C=O) groups excluding carboxylic acids is 2. The molecule has 3 aromatic heterocycles. The van der Waals surface area contributed by atoms with Gasteiger partial charge in [0, 0.05) is 37.5 Å². The molecule has 2 fully saturated rings. The summed E-state index contributed by atoms with van der Waals surface area (Å²) in [5.74, 6) is 0.442. The number of aromatic nitrogens is 4. The molecular formula is C24H27FN6O2S. The van der Waals surface area contributed by atoms with Crippen molar-refractivity contribution in [3.63, 3.8) is 0 Å². The predicted octanol–water partition coefficient (Wildman–Crippen LogP) is 4.32. The van der Waals surface area contributed by atoms with Crippen LogP contribution in [0.2, 0.25) is 0 Å². The molecule has 5 rings (SSSR count). The molecule has 178 valence electrons. The Morgan fingerprint density at radius 3 is 2.71 bits per heavy atom. The van der Waals surface area contributed by atoms with Crippen molar-refractivity contribution >= 4 is 39.3 Å². The quantitative estimate of drug-likeness (QED) is 0.535. The van der Waals surface area contributed by atoms with E-state index in [1.165, 1.54) is 17.4 Å². The van der Waals surface area contributed by atoms with Gasteiger partial charge in [-0.2, -0.15) is 4.98 Å². The van der Waals surface area contributed by atoms with Gasteiger partial charge in [-0.25, -0.2) is 14.4 Å². The number of rotatable bonds is 7. The van der Waals surface area contributed by atoms with E-state index in [0.717, 1.165) is 36.9 Å². The molecule has 0 aromatic carbocycles. The number of hydrogen-bond acceptors (Lipinski definition) is 8. The summed E-state index contributed by atoms with van der Waals surface area (Å²) in [6, 6.07) is 1.08. The van der Waals surface area contributed by atoms with Gasteiger partial charge in [0.05, 0.1) is 17.2 Å². The number of nitrogens with one attached hydrogen (secondary N) is 1. The van der Waals surface area contributed by atoms with E-state index in [9.17, 15) is 14.0 Å². The molecule has 1 aliphatic heterocycles. The minimum Gasteiger partial charge on any atom is -0.348 e. The lowest BCUT2D eigenvalue weighted by molar-refractivity contribution is -0.124. The molecular weight excluding hydrogens is 455 g/mol. The Hall–Kier alpha value is -3.01. The van der Waals surface area contributed by atoms with E-state index in [0.29, 0.717) is 46.9 Å². The highest BCUT2D eigenvalue weighted by Crippen LogP contribution is 2.32. The van der Waals surface area contributed by atoms with Crippen molar-refractivity contribution in [2.75, 3.05) is 18.4 Å². The number of aryl methyl sites for hydroxylation is 1. The van der Waals surface area contributed by atoms with Gasteiger partial charge in [0.25, 0.3) is 5.91 Å². The van der Waals surface area contributed by atoms with Crippen LogP contribution in [-0.4, -0.2) is 49.6 Å². The lowest BCUT2D eigenvalue weighted by Gasteiger charge is -2.39. The van der Waals surface area contributed by atoms with Crippen molar-refractivity contribution in [2.45, 2.75) is 52.0 Å². The molecule has 1 saturated heterocycles. The molecule has 10 heteroatoms. The zero-order chi connectivity index (χ0) is 23.8. The number of hydrogen-bond donors (Lipinski definition) is 1. The van der Waals surface area contributed by atoms with Gasteiger partial charge in [-0.15, -0.1) is 11.3 Å². The standard InChI is InChI=1S/C24H27FN6O2S/c1-13(17-8-18(25)10-26-9-17)27-24-29-20(21-22(30-24)28-14(2)34-21)23(33)31-11-15(12-31)7-19(32)16-5-3-4-6-16/h8-10,13,15-16H,3-7,11-12H2,1-2H3,(H,27,29,30). The Morgan fingerprint density at radius 2 is 1.97 bits per heavy atom. The number of thiazole rings is 1. The first-order valence-electron chi connectivity index (χ1n) is 11.7. The monoisotopic (exact) mass is 482 g/mol. The highest BCUT2D eigenvalue weighted by molar-refractivity contribution is 7.18. The minimum absolute atomic E-state index is 0.177. The number of carbonyl (C=O) groups is 2. The summed E-state index contributed by atoms with van der Waals surface area (Å²) >= 11 is 1.39. The van der Waals surface area contributed by atoms with Gasteiger partial charge in [-0.3, -0.25) is 14.6 Å². The van der Waals surface area contributed by atoms with Crippen molar-refractivity contribution < 1.29 is 14.0 Å². The number of fused-ring (bicyclic) bond motifs is 1. The van der Waals surface area contributed by atoms with Gasteiger partial charge in [0.15, 0.2) is 11.3 Å². The van der Waals surface area contributed by atoms with E-state index >= 15 is 0 Å². The Labute approximate surface area is 201 Å². The molecule has 0 radical (unpaired) electrons. The summed E-state index contributed by atoms with van der Waals surface area (Å²) in [5, 5.41) is 3.94. The zero-order valence-electron chi connectivity index (χ0n) is 19.3. The fraction of sp³-hybridized carbons (Fsp3) is 0.500. The minimum atomic E-state index is -0.424. The molecule has 0 spiro atoms. The fourth-order valence-corrected chi connectivity index (χ4v) is 5.63. The molecule has 1 aliphatic carbocycles. The number of pyridine rings is 1. The number of ketones is 1. The third-order valence-corrected chi connectivity index (χ3v) is 7.65. The molecule has 1 saturated carbocycles. The van der Waals surface area contributed by atoms with Crippen molar-refractivity contribution in [3.8, 4) is 0 Å². The molecule has 1 amide bonds. The topological polar surface area (TPSA) is 101 Å². The van der Waals surface area contributed by atoms with Crippen LogP contribution >= 0.6 is 11.3 Å². The van der Waals surface area contributed by atoms with Crippen LogP contribution in [0.15, 0.2) is 18.5 Å². The lowest BCUT2D eigenvalue weighted by Crippen LogP contribution is -2.51. The van der Waals surface area contributed by atoms with E-state index < -0.39 is 5.82 Å². The molecule has 4 heterocycles. The summed E-state index contributed by atoms with van der Waals surface area (Å²) < 4.78 is 14.2. The van der Waals surface area contributed by atoms with Crippen molar-refractivity contribution in [1.29, 1.82) is 0 Å². The number of halogens is 1. The summed E-state index contributed by atoms with van der Waals surface area (Å²) in [5.41, 5.74) is 1.41. The lowest BCUT2D eigenvalue weighted by atomic mass is 9.88. The Bertz CT molecular complexity index is 1240. The van der Waals surface area contributed by atoms with Gasteiger partial charge in [0.1, 0.15) is 16.3 Å². The maximum absolute atomic E-state index is 13.6. The Morgan fingerprint density at radius 1 is 1.21 bits per heavy atom. The first kappa shape index (κ1) is 22.8. The largest absolute Gasteiger partial charge is 0.348 e. The third-order valence-electron chi connectivity index (χ3n) is 6.68. The number of amides is 1. The van der Waals surface area contributed by atoms with E-state index in [1.54, 1.807) is 11.1 Å². The molecule has 1 atom stereocenters. The van der Waals surface area contributed by atoms with E-state index in [2.05, 4.69) is 25.3 Å². The van der Waals surface area contributed by atoms with E-state index in [4.69, 9.17) is 0 Å². The normalized spacial score (nSPS) is 17.7. The first-order valence-corrected chi connectivity index (χ1v) is 12.5. The highest BCUT2D eigenvalue weighted by Gasteiger charge is 2.36. The van der Waals surface area contributed by atoms with Gasteiger partial charge >= 0.3 is 0 Å². The van der Waals surface area contributed by atoms with Crippen LogP contribution in [0, 0.1) is 24.6 Å². The summed E-state index contributed by atoms with van der Waals surface area (Å²) in [6.45, 7) is 4.84.